The number of para-hydroxylation sites is 1. The van der Waals surface area contributed by atoms with Crippen LogP contribution in [0.5, 0.6) is 11.5 Å². The molecule has 2 aromatic heterocycles. The maximum absolute atomic E-state index is 12.6. The quantitative estimate of drug-likeness (QED) is 0.268. The van der Waals surface area contributed by atoms with Gasteiger partial charge in [-0.3, -0.25) is 9.69 Å². The van der Waals surface area contributed by atoms with Crippen LogP contribution in [-0.4, -0.2) is 76.8 Å². The molecule has 4 aromatic rings. The van der Waals surface area contributed by atoms with Crippen LogP contribution in [-0.2, 0) is 11.8 Å². The molecule has 0 aliphatic carbocycles. The Balaban J connectivity index is 1.45. The van der Waals surface area contributed by atoms with E-state index in [9.17, 15) is 4.79 Å². The van der Waals surface area contributed by atoms with Crippen molar-refractivity contribution in [2.45, 2.75) is 19.6 Å². The summed E-state index contributed by atoms with van der Waals surface area (Å²) >= 11 is 0. The number of nitrogens with one attached hydrogen (secondary N) is 2. The first-order chi connectivity index (χ1) is 19.9. The summed E-state index contributed by atoms with van der Waals surface area (Å²) in [7, 11) is 5.74. The maximum Gasteiger partial charge on any atom is 0.228 e. The third-order valence-electron chi connectivity index (χ3n) is 7.33. The number of ether oxygens (including phenoxy) is 2. The van der Waals surface area contributed by atoms with Gasteiger partial charge in [-0.15, -0.1) is 6.58 Å². The summed E-state index contributed by atoms with van der Waals surface area (Å²) in [6, 6.07) is 13.7. The number of carbonyl (C=O) groups excluding carboxylic acids is 1. The normalized spacial score (nSPS) is 14.9. The molecule has 2 aromatic carbocycles. The van der Waals surface area contributed by atoms with Gasteiger partial charge >= 0.3 is 0 Å². The molecule has 1 atom stereocenters. The predicted octanol–water partition coefficient (Wildman–Crippen LogP) is 4.87. The van der Waals surface area contributed by atoms with Crippen molar-refractivity contribution in [2.75, 3.05) is 51.0 Å². The van der Waals surface area contributed by atoms with Crippen molar-refractivity contribution in [3.63, 3.8) is 0 Å². The molecule has 1 amide bonds. The van der Waals surface area contributed by atoms with Gasteiger partial charge in [-0.2, -0.15) is 0 Å². The molecule has 214 valence electrons. The monoisotopic (exact) mass is 555 g/mol. The van der Waals surface area contributed by atoms with E-state index in [-0.39, 0.29) is 18.6 Å². The highest BCUT2D eigenvalue weighted by molar-refractivity contribution is 5.96. The topological polar surface area (TPSA) is 96.8 Å². The number of aryl methyl sites for hydroxylation is 1. The first-order valence-electron chi connectivity index (χ1n) is 13.7. The summed E-state index contributed by atoms with van der Waals surface area (Å²) in [4.78, 5) is 26.4. The fraction of sp³-hybridized carbons (Fsp3) is 0.323. The molecule has 1 saturated heterocycles. The minimum absolute atomic E-state index is 0.179. The number of piperazine rings is 1. The Labute approximate surface area is 240 Å². The van der Waals surface area contributed by atoms with E-state index >= 15 is 0 Å². The van der Waals surface area contributed by atoms with E-state index in [0.29, 0.717) is 28.8 Å². The number of rotatable bonds is 10. The van der Waals surface area contributed by atoms with Gasteiger partial charge in [0.15, 0.2) is 0 Å². The molecule has 10 heteroatoms. The molecule has 1 unspecified atom stereocenters. The average molecular weight is 556 g/mol. The number of benzene rings is 2. The highest BCUT2D eigenvalue weighted by Gasteiger charge is 2.23. The van der Waals surface area contributed by atoms with Gasteiger partial charge in [-0.1, -0.05) is 24.3 Å². The average Bonchev–Trinajstić information content (AvgIpc) is 3.31. The first-order valence-corrected chi connectivity index (χ1v) is 13.7. The van der Waals surface area contributed by atoms with Crippen LogP contribution in [0.1, 0.15) is 13.3 Å². The predicted molar refractivity (Wildman–Crippen MR) is 163 cm³/mol. The molecule has 1 aliphatic heterocycles. The molecular weight excluding hydrogens is 518 g/mol. The molecular formula is C31H37N7O3. The van der Waals surface area contributed by atoms with Gasteiger partial charge in [-0.25, -0.2) is 9.97 Å². The van der Waals surface area contributed by atoms with E-state index in [1.54, 1.807) is 31.5 Å². The van der Waals surface area contributed by atoms with Gasteiger partial charge in [0, 0.05) is 74.6 Å². The van der Waals surface area contributed by atoms with Crippen molar-refractivity contribution < 1.29 is 14.3 Å². The van der Waals surface area contributed by atoms with Gasteiger partial charge in [0.2, 0.25) is 11.9 Å². The molecule has 10 nitrogen and oxygen atoms in total. The fourth-order valence-corrected chi connectivity index (χ4v) is 5.03. The molecule has 41 heavy (non-hydrogen) atoms. The number of likely N-dealkylation sites (N-methyl/N-ethyl adjacent to an activating group) is 1. The van der Waals surface area contributed by atoms with Gasteiger partial charge in [0.05, 0.1) is 24.2 Å². The number of nitrogens with zero attached hydrogens (tertiary/aromatic N) is 5. The minimum atomic E-state index is -0.192. The summed E-state index contributed by atoms with van der Waals surface area (Å²) in [6.45, 7) is 9.45. The van der Waals surface area contributed by atoms with Crippen LogP contribution < -0.4 is 20.1 Å². The molecule has 3 heterocycles. The second-order valence-electron chi connectivity index (χ2n) is 10.2. The standard InChI is InChI=1S/C31H37N7O3/c1-6-9-30(39)33-26-18-25(28(40-5)19-29(26)41-21(2)38-16-14-36(3)15-17-38)35-31-32-13-12-24(34-31)23-20-37(4)27-11-8-7-10-22(23)27/h6-8,10-13,18-21H,1,9,14-17H2,2-5H3,(H,33,39)(H,32,34,35). The SMILES string of the molecule is C=CCC(=O)Nc1cc(Nc2nccc(-c3cn(C)c4ccccc34)n2)c(OC)cc1OC(C)N1CCN(C)CC1. The number of methoxy groups -OCH3 is 1. The largest absolute Gasteiger partial charge is 0.494 e. The molecule has 0 bridgehead atoms. The van der Waals surface area contributed by atoms with Crippen molar-refractivity contribution in [3.05, 3.63) is 67.5 Å². The summed E-state index contributed by atoms with van der Waals surface area (Å²) in [5, 5.41) is 7.36. The van der Waals surface area contributed by atoms with Crippen LogP contribution in [0.4, 0.5) is 17.3 Å². The van der Waals surface area contributed by atoms with Crippen LogP contribution >= 0.6 is 0 Å². The molecule has 5 rings (SSSR count). The van der Waals surface area contributed by atoms with Crippen LogP contribution in [0.25, 0.3) is 22.2 Å². The van der Waals surface area contributed by atoms with Crippen LogP contribution in [0.3, 0.4) is 0 Å². The van der Waals surface area contributed by atoms with E-state index in [0.717, 1.165) is 48.3 Å². The van der Waals surface area contributed by atoms with E-state index in [1.165, 1.54) is 0 Å². The molecule has 0 saturated carbocycles. The lowest BCUT2D eigenvalue weighted by Gasteiger charge is -2.36. The number of fused-ring (bicyclic) bond motifs is 1. The second kappa shape index (κ2) is 12.4. The summed E-state index contributed by atoms with van der Waals surface area (Å²) in [5.41, 5.74) is 4.04. The Morgan fingerprint density at radius 1 is 1.10 bits per heavy atom. The van der Waals surface area contributed by atoms with Crippen molar-refractivity contribution in [3.8, 4) is 22.8 Å². The Bertz CT molecular complexity index is 1540. The first kappa shape index (κ1) is 28.1. The maximum atomic E-state index is 12.6. The van der Waals surface area contributed by atoms with Gasteiger partial charge in [0.1, 0.15) is 17.7 Å². The van der Waals surface area contributed by atoms with Gasteiger partial charge in [0.25, 0.3) is 0 Å². The Morgan fingerprint density at radius 3 is 2.63 bits per heavy atom. The van der Waals surface area contributed by atoms with Crippen LogP contribution in [0.2, 0.25) is 0 Å². The van der Waals surface area contributed by atoms with Crippen LogP contribution in [0.15, 0.2) is 67.5 Å². The molecule has 1 fully saturated rings. The summed E-state index contributed by atoms with van der Waals surface area (Å²) in [5.74, 6) is 1.26. The minimum Gasteiger partial charge on any atom is -0.494 e. The third-order valence-corrected chi connectivity index (χ3v) is 7.33. The lowest BCUT2D eigenvalue weighted by molar-refractivity contribution is -0.115. The Hall–Kier alpha value is -4.41. The summed E-state index contributed by atoms with van der Waals surface area (Å²) in [6.07, 6.45) is 5.35. The zero-order valence-electron chi connectivity index (χ0n) is 24.1. The highest BCUT2D eigenvalue weighted by Crippen LogP contribution is 2.39. The number of aromatic nitrogens is 3. The number of amides is 1. The fourth-order valence-electron chi connectivity index (χ4n) is 5.03. The number of hydrogen-bond donors (Lipinski definition) is 2. The van der Waals surface area contributed by atoms with Crippen molar-refractivity contribution >= 4 is 34.1 Å². The lowest BCUT2D eigenvalue weighted by atomic mass is 10.1. The zero-order chi connectivity index (χ0) is 28.9. The summed E-state index contributed by atoms with van der Waals surface area (Å²) < 4.78 is 14.2. The molecule has 1 aliphatic rings. The van der Waals surface area contributed by atoms with Gasteiger partial charge < -0.3 is 29.6 Å². The number of hydrogen-bond acceptors (Lipinski definition) is 8. The van der Waals surface area contributed by atoms with E-state index in [2.05, 4.69) is 61.9 Å². The molecule has 0 radical (unpaired) electrons. The van der Waals surface area contributed by atoms with Crippen molar-refractivity contribution in [2.24, 2.45) is 7.05 Å². The van der Waals surface area contributed by atoms with Crippen molar-refractivity contribution in [1.82, 2.24) is 24.3 Å². The molecule has 0 spiro atoms. The third kappa shape index (κ3) is 6.34. The van der Waals surface area contributed by atoms with Gasteiger partial charge in [-0.05, 0) is 32.2 Å². The number of anilines is 3. The van der Waals surface area contributed by atoms with Crippen LogP contribution in [0, 0.1) is 0 Å². The van der Waals surface area contributed by atoms with Crippen molar-refractivity contribution in [1.29, 1.82) is 0 Å². The van der Waals surface area contributed by atoms with E-state index < -0.39 is 0 Å². The highest BCUT2D eigenvalue weighted by atomic mass is 16.5. The number of carbonyl (C=O) groups is 1. The smallest absolute Gasteiger partial charge is 0.228 e. The Morgan fingerprint density at radius 2 is 1.88 bits per heavy atom. The lowest BCUT2D eigenvalue weighted by Crippen LogP contribution is -2.49. The molecule has 2 N–H and O–H groups in total. The second-order valence-corrected chi connectivity index (χ2v) is 10.2. The van der Waals surface area contributed by atoms with E-state index in [4.69, 9.17) is 14.5 Å². The Kier molecular flexibility index (Phi) is 8.51. The van der Waals surface area contributed by atoms with E-state index in [1.807, 2.05) is 32.2 Å². The zero-order valence-corrected chi connectivity index (χ0v) is 24.1.